The summed E-state index contributed by atoms with van der Waals surface area (Å²) in [6, 6.07) is 0.254. The van der Waals surface area contributed by atoms with Gasteiger partial charge in [0, 0.05) is 25.6 Å². The van der Waals surface area contributed by atoms with Gasteiger partial charge in [-0.1, -0.05) is 34.6 Å². The number of hydrogen-bond donors (Lipinski definition) is 1. The van der Waals surface area contributed by atoms with Crippen molar-refractivity contribution in [2.75, 3.05) is 20.1 Å². The van der Waals surface area contributed by atoms with Crippen molar-refractivity contribution in [1.29, 1.82) is 0 Å². The molecule has 0 saturated carbocycles. The quantitative estimate of drug-likeness (QED) is 0.782. The van der Waals surface area contributed by atoms with Gasteiger partial charge in [-0.05, 0) is 18.9 Å². The Bertz CT molecular complexity index is 220. The minimum Gasteiger partial charge on any atom is -0.342 e. The molecule has 1 N–H and O–H groups in total. The summed E-state index contributed by atoms with van der Waals surface area (Å²) in [5.74, 6) is 0.276. The summed E-state index contributed by atoms with van der Waals surface area (Å²) in [4.78, 5) is 14.0. The van der Waals surface area contributed by atoms with E-state index in [0.29, 0.717) is 0 Å². The van der Waals surface area contributed by atoms with Crippen LogP contribution >= 0.6 is 0 Å². The first kappa shape index (κ1) is 15.4. The van der Waals surface area contributed by atoms with Gasteiger partial charge < -0.3 is 10.2 Å². The van der Waals surface area contributed by atoms with Crippen molar-refractivity contribution in [3.05, 3.63) is 0 Å². The van der Waals surface area contributed by atoms with E-state index in [1.54, 1.807) is 0 Å². The highest BCUT2D eigenvalue weighted by Gasteiger charge is 2.28. The van der Waals surface area contributed by atoms with Crippen LogP contribution in [0.1, 0.15) is 41.5 Å². The van der Waals surface area contributed by atoms with Gasteiger partial charge in [0.2, 0.25) is 5.91 Å². The van der Waals surface area contributed by atoms with Crippen LogP contribution in [0.25, 0.3) is 0 Å². The molecule has 0 rings (SSSR count). The smallest absolute Gasteiger partial charge is 0.226 e. The van der Waals surface area contributed by atoms with Crippen LogP contribution in [0.15, 0.2) is 0 Å². The number of hydrogen-bond acceptors (Lipinski definition) is 2. The molecular weight excluding hydrogens is 200 g/mol. The van der Waals surface area contributed by atoms with E-state index in [-0.39, 0.29) is 23.3 Å². The van der Waals surface area contributed by atoms with Gasteiger partial charge in [0.25, 0.3) is 0 Å². The average Bonchev–Trinajstić information content (AvgIpc) is 2.21. The molecule has 0 aliphatic heterocycles. The van der Waals surface area contributed by atoms with Crippen LogP contribution in [-0.2, 0) is 4.79 Å². The Labute approximate surface area is 101 Å². The molecule has 2 unspecified atom stereocenters. The standard InChI is InChI=1S/C13H28N2O/c1-8-14-9-10(2)12(16)15(7)11(3)13(4,5)6/h10-11,14H,8-9H2,1-7H3. The van der Waals surface area contributed by atoms with Crippen molar-refractivity contribution >= 4 is 5.91 Å². The molecule has 0 aromatic heterocycles. The summed E-state index contributed by atoms with van der Waals surface area (Å²) in [5, 5.41) is 3.21. The fraction of sp³-hybridized carbons (Fsp3) is 0.923. The minimum absolute atomic E-state index is 0.0507. The maximum atomic E-state index is 12.1. The minimum atomic E-state index is 0.0507. The molecule has 0 radical (unpaired) electrons. The van der Waals surface area contributed by atoms with Gasteiger partial charge in [0.15, 0.2) is 0 Å². The molecule has 3 nitrogen and oxygen atoms in total. The lowest BCUT2D eigenvalue weighted by Crippen LogP contribution is -2.46. The van der Waals surface area contributed by atoms with Crippen LogP contribution < -0.4 is 5.32 Å². The van der Waals surface area contributed by atoms with Gasteiger partial charge in [-0.25, -0.2) is 0 Å². The van der Waals surface area contributed by atoms with Crippen molar-refractivity contribution in [3.63, 3.8) is 0 Å². The molecule has 2 atom stereocenters. The van der Waals surface area contributed by atoms with Crippen LogP contribution in [0.3, 0.4) is 0 Å². The normalized spacial score (nSPS) is 15.7. The Morgan fingerprint density at radius 1 is 1.31 bits per heavy atom. The monoisotopic (exact) mass is 228 g/mol. The Morgan fingerprint density at radius 2 is 1.81 bits per heavy atom. The van der Waals surface area contributed by atoms with E-state index < -0.39 is 0 Å². The summed E-state index contributed by atoms with van der Waals surface area (Å²) < 4.78 is 0. The second kappa shape index (κ2) is 6.24. The number of amides is 1. The van der Waals surface area contributed by atoms with Crippen molar-refractivity contribution < 1.29 is 4.79 Å². The molecule has 0 aliphatic carbocycles. The van der Waals surface area contributed by atoms with E-state index >= 15 is 0 Å². The fourth-order valence-corrected chi connectivity index (χ4v) is 1.57. The summed E-state index contributed by atoms with van der Waals surface area (Å²) in [5.41, 5.74) is 0.127. The number of rotatable bonds is 5. The molecule has 0 aromatic rings. The average molecular weight is 228 g/mol. The first-order valence-electron chi connectivity index (χ1n) is 6.19. The predicted octanol–water partition coefficient (Wildman–Crippen LogP) is 2.12. The molecule has 0 spiro atoms. The van der Waals surface area contributed by atoms with Crippen LogP contribution in [0.4, 0.5) is 0 Å². The third kappa shape index (κ3) is 4.52. The molecule has 0 aromatic carbocycles. The first-order valence-corrected chi connectivity index (χ1v) is 6.19. The molecule has 3 heteroatoms. The Hall–Kier alpha value is -0.570. The lowest BCUT2D eigenvalue weighted by molar-refractivity contribution is -0.137. The Balaban J connectivity index is 4.37. The highest BCUT2D eigenvalue weighted by Crippen LogP contribution is 2.23. The highest BCUT2D eigenvalue weighted by molar-refractivity contribution is 5.78. The van der Waals surface area contributed by atoms with E-state index in [1.807, 2.05) is 18.9 Å². The molecule has 1 amide bonds. The first-order chi connectivity index (χ1) is 7.21. The second-order valence-electron chi connectivity index (χ2n) is 5.70. The van der Waals surface area contributed by atoms with Crippen LogP contribution in [0, 0.1) is 11.3 Å². The summed E-state index contributed by atoms with van der Waals surface area (Å²) in [7, 11) is 1.90. The number of carbonyl (C=O) groups is 1. The molecule has 0 aliphatic rings. The lowest BCUT2D eigenvalue weighted by atomic mass is 9.86. The van der Waals surface area contributed by atoms with Gasteiger partial charge >= 0.3 is 0 Å². The maximum absolute atomic E-state index is 12.1. The Kier molecular flexibility index (Phi) is 6.01. The predicted molar refractivity (Wildman–Crippen MR) is 69.4 cm³/mol. The third-order valence-electron chi connectivity index (χ3n) is 3.30. The second-order valence-corrected chi connectivity index (χ2v) is 5.70. The zero-order chi connectivity index (χ0) is 12.9. The molecule has 0 fully saturated rings. The molecular formula is C13H28N2O. The van der Waals surface area contributed by atoms with Crippen molar-refractivity contribution in [3.8, 4) is 0 Å². The number of nitrogens with one attached hydrogen (secondary N) is 1. The maximum Gasteiger partial charge on any atom is 0.226 e. The summed E-state index contributed by atoms with van der Waals surface area (Å²) in [6.45, 7) is 14.3. The summed E-state index contributed by atoms with van der Waals surface area (Å²) >= 11 is 0. The van der Waals surface area contributed by atoms with Crippen molar-refractivity contribution in [2.45, 2.75) is 47.6 Å². The molecule has 96 valence electrons. The van der Waals surface area contributed by atoms with E-state index in [0.717, 1.165) is 13.1 Å². The number of nitrogens with zero attached hydrogens (tertiary/aromatic N) is 1. The zero-order valence-corrected chi connectivity index (χ0v) is 11.9. The van der Waals surface area contributed by atoms with Gasteiger partial charge in [-0.15, -0.1) is 0 Å². The van der Waals surface area contributed by atoms with E-state index in [2.05, 4.69) is 39.9 Å². The fourth-order valence-electron chi connectivity index (χ4n) is 1.57. The van der Waals surface area contributed by atoms with Crippen molar-refractivity contribution in [1.82, 2.24) is 10.2 Å². The van der Waals surface area contributed by atoms with E-state index in [9.17, 15) is 4.79 Å². The van der Waals surface area contributed by atoms with Crippen LogP contribution in [0.5, 0.6) is 0 Å². The van der Waals surface area contributed by atoms with E-state index in [1.165, 1.54) is 0 Å². The highest BCUT2D eigenvalue weighted by atomic mass is 16.2. The Morgan fingerprint density at radius 3 is 2.19 bits per heavy atom. The third-order valence-corrected chi connectivity index (χ3v) is 3.30. The summed E-state index contributed by atoms with van der Waals surface area (Å²) in [6.07, 6.45) is 0. The van der Waals surface area contributed by atoms with E-state index in [4.69, 9.17) is 0 Å². The topological polar surface area (TPSA) is 32.3 Å². The molecule has 0 bridgehead atoms. The molecule has 0 saturated heterocycles. The van der Waals surface area contributed by atoms with Crippen molar-refractivity contribution in [2.24, 2.45) is 11.3 Å². The van der Waals surface area contributed by atoms with Gasteiger partial charge in [0.1, 0.15) is 0 Å². The number of carbonyl (C=O) groups excluding carboxylic acids is 1. The van der Waals surface area contributed by atoms with Crippen LogP contribution in [-0.4, -0.2) is 37.0 Å². The molecule has 0 heterocycles. The zero-order valence-electron chi connectivity index (χ0n) is 11.9. The van der Waals surface area contributed by atoms with Gasteiger partial charge in [-0.3, -0.25) is 4.79 Å². The van der Waals surface area contributed by atoms with Crippen LogP contribution in [0.2, 0.25) is 0 Å². The SMILES string of the molecule is CCNCC(C)C(=O)N(C)C(C)C(C)(C)C. The van der Waals surface area contributed by atoms with Gasteiger partial charge in [-0.2, -0.15) is 0 Å². The lowest BCUT2D eigenvalue weighted by Gasteiger charge is -2.36. The molecule has 16 heavy (non-hydrogen) atoms. The largest absolute Gasteiger partial charge is 0.342 e. The van der Waals surface area contributed by atoms with Gasteiger partial charge in [0.05, 0.1) is 0 Å².